The molecule has 76 valence electrons. The average Bonchev–Trinajstić information content (AvgIpc) is 2.10. The van der Waals surface area contributed by atoms with Crippen molar-refractivity contribution in [3.63, 3.8) is 0 Å². The number of aliphatic hydroxyl groups excluding tert-OH is 1. The zero-order valence-electron chi connectivity index (χ0n) is 8.79. The number of aliphatic hydroxyl groups is 1. The van der Waals surface area contributed by atoms with Crippen LogP contribution in [0.5, 0.6) is 0 Å². The van der Waals surface area contributed by atoms with Crippen LogP contribution < -0.4 is 0 Å². The molecule has 2 atom stereocenters. The van der Waals surface area contributed by atoms with E-state index in [2.05, 4.69) is 13.8 Å². The molecular weight excluding hydrogens is 164 g/mol. The standard InChI is InChI=1S/C11H20O2/c1-4-9(2)5-7-11(13)8-6-10(3)12/h6,8-9,11,13H,4-5,7H2,1-3H3. The van der Waals surface area contributed by atoms with Gasteiger partial charge in [0, 0.05) is 0 Å². The third kappa shape index (κ3) is 7.72. The van der Waals surface area contributed by atoms with Crippen LogP contribution in [0.3, 0.4) is 0 Å². The molecule has 1 N–H and O–H groups in total. The summed E-state index contributed by atoms with van der Waals surface area (Å²) in [6, 6.07) is 0. The molecule has 0 aromatic rings. The molecule has 0 fully saturated rings. The fourth-order valence-electron chi connectivity index (χ4n) is 1.00. The van der Waals surface area contributed by atoms with Crippen molar-refractivity contribution in [1.29, 1.82) is 0 Å². The Morgan fingerprint density at radius 1 is 1.46 bits per heavy atom. The first-order chi connectivity index (χ1) is 6.06. The van der Waals surface area contributed by atoms with E-state index in [0.717, 1.165) is 19.3 Å². The van der Waals surface area contributed by atoms with E-state index >= 15 is 0 Å². The number of rotatable bonds is 6. The summed E-state index contributed by atoms with van der Waals surface area (Å²) >= 11 is 0. The SMILES string of the molecule is CCC(C)CCC(O)C=CC(C)=O. The summed E-state index contributed by atoms with van der Waals surface area (Å²) in [4.78, 5) is 10.5. The van der Waals surface area contributed by atoms with Crippen molar-refractivity contribution in [1.82, 2.24) is 0 Å². The van der Waals surface area contributed by atoms with Gasteiger partial charge in [-0.1, -0.05) is 26.3 Å². The molecule has 0 spiro atoms. The van der Waals surface area contributed by atoms with E-state index < -0.39 is 6.10 Å². The highest BCUT2D eigenvalue weighted by Crippen LogP contribution is 2.11. The molecule has 2 unspecified atom stereocenters. The van der Waals surface area contributed by atoms with Gasteiger partial charge in [-0.05, 0) is 31.8 Å². The van der Waals surface area contributed by atoms with Crippen molar-refractivity contribution >= 4 is 5.78 Å². The maximum absolute atomic E-state index is 10.5. The highest BCUT2D eigenvalue weighted by molar-refractivity contribution is 5.87. The quantitative estimate of drug-likeness (QED) is 0.643. The Kier molecular flexibility index (Phi) is 6.51. The molecule has 13 heavy (non-hydrogen) atoms. The number of carbonyl (C=O) groups excluding carboxylic acids is 1. The Bertz CT molecular complexity index is 173. The van der Waals surface area contributed by atoms with Gasteiger partial charge >= 0.3 is 0 Å². The van der Waals surface area contributed by atoms with Crippen molar-refractivity contribution in [3.05, 3.63) is 12.2 Å². The van der Waals surface area contributed by atoms with Gasteiger partial charge in [-0.2, -0.15) is 0 Å². The summed E-state index contributed by atoms with van der Waals surface area (Å²) < 4.78 is 0. The van der Waals surface area contributed by atoms with E-state index in [-0.39, 0.29) is 5.78 Å². The predicted molar refractivity (Wildman–Crippen MR) is 54.5 cm³/mol. The van der Waals surface area contributed by atoms with Crippen LogP contribution in [0, 0.1) is 5.92 Å². The van der Waals surface area contributed by atoms with E-state index in [1.807, 2.05) is 0 Å². The molecule has 0 saturated carbocycles. The second kappa shape index (κ2) is 6.84. The van der Waals surface area contributed by atoms with Crippen molar-refractivity contribution in [2.24, 2.45) is 5.92 Å². The van der Waals surface area contributed by atoms with Gasteiger partial charge in [0.05, 0.1) is 6.10 Å². The zero-order valence-corrected chi connectivity index (χ0v) is 8.79. The minimum Gasteiger partial charge on any atom is -0.389 e. The Hall–Kier alpha value is -0.630. The van der Waals surface area contributed by atoms with E-state index in [9.17, 15) is 9.90 Å². The largest absolute Gasteiger partial charge is 0.389 e. The van der Waals surface area contributed by atoms with Gasteiger partial charge < -0.3 is 5.11 Å². The summed E-state index contributed by atoms with van der Waals surface area (Å²) in [6.45, 7) is 5.79. The smallest absolute Gasteiger partial charge is 0.152 e. The van der Waals surface area contributed by atoms with Gasteiger partial charge in [-0.15, -0.1) is 0 Å². The number of carbonyl (C=O) groups is 1. The number of hydrogen-bond donors (Lipinski definition) is 1. The van der Waals surface area contributed by atoms with E-state index in [0.29, 0.717) is 5.92 Å². The van der Waals surface area contributed by atoms with Gasteiger partial charge in [0.2, 0.25) is 0 Å². The molecule has 0 rings (SSSR count). The zero-order chi connectivity index (χ0) is 10.3. The molecule has 0 radical (unpaired) electrons. The fraction of sp³-hybridized carbons (Fsp3) is 0.727. The lowest BCUT2D eigenvalue weighted by Gasteiger charge is -2.09. The summed E-state index contributed by atoms with van der Waals surface area (Å²) in [7, 11) is 0. The molecule has 0 aliphatic heterocycles. The Morgan fingerprint density at radius 2 is 2.08 bits per heavy atom. The molecule has 0 aliphatic carbocycles. The number of hydrogen-bond acceptors (Lipinski definition) is 2. The van der Waals surface area contributed by atoms with Gasteiger partial charge in [0.25, 0.3) is 0 Å². The molecule has 2 nitrogen and oxygen atoms in total. The van der Waals surface area contributed by atoms with E-state index in [1.165, 1.54) is 13.0 Å². The van der Waals surface area contributed by atoms with Crippen LogP contribution in [-0.2, 0) is 4.79 Å². The van der Waals surface area contributed by atoms with Gasteiger partial charge in [0.1, 0.15) is 0 Å². The maximum Gasteiger partial charge on any atom is 0.152 e. The van der Waals surface area contributed by atoms with Crippen LogP contribution in [0.25, 0.3) is 0 Å². The molecule has 0 heterocycles. The summed E-state index contributed by atoms with van der Waals surface area (Å²) in [6.07, 6.45) is 5.45. The van der Waals surface area contributed by atoms with Crippen LogP contribution in [0.2, 0.25) is 0 Å². The third-order valence-corrected chi connectivity index (χ3v) is 2.21. The summed E-state index contributed by atoms with van der Waals surface area (Å²) in [5.74, 6) is 0.642. The Labute approximate surface area is 80.7 Å². The molecule has 0 aromatic heterocycles. The van der Waals surface area contributed by atoms with E-state index in [4.69, 9.17) is 0 Å². The lowest BCUT2D eigenvalue weighted by atomic mass is 10.0. The van der Waals surface area contributed by atoms with Crippen LogP contribution >= 0.6 is 0 Å². The van der Waals surface area contributed by atoms with Crippen LogP contribution in [0.1, 0.15) is 40.0 Å². The third-order valence-electron chi connectivity index (χ3n) is 2.21. The molecule has 0 saturated heterocycles. The Balaban J connectivity index is 3.62. The summed E-state index contributed by atoms with van der Waals surface area (Å²) in [5.41, 5.74) is 0. The molecular formula is C11H20O2. The highest BCUT2D eigenvalue weighted by atomic mass is 16.3. The minimum atomic E-state index is -0.460. The predicted octanol–water partition coefficient (Wildman–Crippen LogP) is 2.32. The minimum absolute atomic E-state index is 0.0115. The fourth-order valence-corrected chi connectivity index (χ4v) is 1.00. The first-order valence-electron chi connectivity index (χ1n) is 4.93. The van der Waals surface area contributed by atoms with Crippen LogP contribution in [0.4, 0.5) is 0 Å². The van der Waals surface area contributed by atoms with Crippen molar-refractivity contribution < 1.29 is 9.90 Å². The number of allylic oxidation sites excluding steroid dienone is 1. The van der Waals surface area contributed by atoms with Crippen LogP contribution in [-0.4, -0.2) is 17.0 Å². The normalized spacial score (nSPS) is 16.0. The highest BCUT2D eigenvalue weighted by Gasteiger charge is 2.03. The lowest BCUT2D eigenvalue weighted by molar-refractivity contribution is -0.112. The van der Waals surface area contributed by atoms with Crippen molar-refractivity contribution in [3.8, 4) is 0 Å². The van der Waals surface area contributed by atoms with Gasteiger partial charge in [0.15, 0.2) is 5.78 Å². The molecule has 0 amide bonds. The topological polar surface area (TPSA) is 37.3 Å². The van der Waals surface area contributed by atoms with Crippen LogP contribution in [0.15, 0.2) is 12.2 Å². The second-order valence-electron chi connectivity index (χ2n) is 3.63. The molecule has 0 aliphatic rings. The molecule has 2 heteroatoms. The second-order valence-corrected chi connectivity index (χ2v) is 3.63. The lowest BCUT2D eigenvalue weighted by Crippen LogP contribution is -2.05. The Morgan fingerprint density at radius 3 is 2.54 bits per heavy atom. The van der Waals surface area contributed by atoms with Crippen molar-refractivity contribution in [2.45, 2.75) is 46.1 Å². The summed E-state index contributed by atoms with van der Waals surface area (Å²) in [5, 5.41) is 9.40. The monoisotopic (exact) mass is 184 g/mol. The molecule has 0 bridgehead atoms. The van der Waals surface area contributed by atoms with Gasteiger partial charge in [-0.25, -0.2) is 0 Å². The number of ketones is 1. The van der Waals surface area contributed by atoms with E-state index in [1.54, 1.807) is 6.08 Å². The average molecular weight is 184 g/mol. The van der Waals surface area contributed by atoms with Gasteiger partial charge in [-0.3, -0.25) is 4.79 Å². The molecule has 0 aromatic carbocycles. The first kappa shape index (κ1) is 12.4. The van der Waals surface area contributed by atoms with Crippen molar-refractivity contribution in [2.75, 3.05) is 0 Å². The maximum atomic E-state index is 10.5. The first-order valence-corrected chi connectivity index (χ1v) is 4.93.